The highest BCUT2D eigenvalue weighted by atomic mass is 16.5. The SMILES string of the molecule is CNC(Cc1ccc(OC)c(OC)c1)c1ccoc1C. The molecule has 2 aromatic rings. The van der Waals surface area contributed by atoms with E-state index in [2.05, 4.69) is 11.4 Å². The predicted octanol–water partition coefficient (Wildman–Crippen LogP) is 3.11. The first kappa shape index (κ1) is 14.5. The van der Waals surface area contributed by atoms with E-state index in [0.29, 0.717) is 0 Å². The topological polar surface area (TPSA) is 43.6 Å². The zero-order chi connectivity index (χ0) is 14.5. The molecule has 0 radical (unpaired) electrons. The van der Waals surface area contributed by atoms with Gasteiger partial charge in [0.2, 0.25) is 0 Å². The van der Waals surface area contributed by atoms with Crippen molar-refractivity contribution in [2.75, 3.05) is 21.3 Å². The Labute approximate surface area is 119 Å². The highest BCUT2D eigenvalue weighted by molar-refractivity contribution is 5.43. The Morgan fingerprint density at radius 1 is 1.15 bits per heavy atom. The monoisotopic (exact) mass is 275 g/mol. The number of benzene rings is 1. The van der Waals surface area contributed by atoms with E-state index >= 15 is 0 Å². The van der Waals surface area contributed by atoms with Crippen LogP contribution >= 0.6 is 0 Å². The van der Waals surface area contributed by atoms with Gasteiger partial charge < -0.3 is 19.2 Å². The van der Waals surface area contributed by atoms with Gasteiger partial charge in [-0.1, -0.05) is 6.07 Å². The highest BCUT2D eigenvalue weighted by Gasteiger charge is 2.15. The van der Waals surface area contributed by atoms with Crippen molar-refractivity contribution in [3.63, 3.8) is 0 Å². The van der Waals surface area contributed by atoms with Crippen LogP contribution in [-0.4, -0.2) is 21.3 Å². The molecule has 4 nitrogen and oxygen atoms in total. The molecular weight excluding hydrogens is 254 g/mol. The van der Waals surface area contributed by atoms with E-state index in [4.69, 9.17) is 13.9 Å². The standard InChI is InChI=1S/C16H21NO3/c1-11-13(7-8-20-11)14(17-2)9-12-5-6-15(18-3)16(10-12)19-4/h5-8,10,14,17H,9H2,1-4H3. The van der Waals surface area contributed by atoms with Crippen LogP contribution in [0.5, 0.6) is 11.5 Å². The summed E-state index contributed by atoms with van der Waals surface area (Å²) in [5.74, 6) is 2.45. The van der Waals surface area contributed by atoms with Crippen LogP contribution in [0.3, 0.4) is 0 Å². The highest BCUT2D eigenvalue weighted by Crippen LogP contribution is 2.30. The van der Waals surface area contributed by atoms with Crippen molar-refractivity contribution in [1.29, 1.82) is 0 Å². The van der Waals surface area contributed by atoms with Gasteiger partial charge in [0, 0.05) is 11.6 Å². The molecule has 0 saturated heterocycles. The maximum absolute atomic E-state index is 5.38. The predicted molar refractivity (Wildman–Crippen MR) is 78.5 cm³/mol. The smallest absolute Gasteiger partial charge is 0.160 e. The normalized spacial score (nSPS) is 12.2. The van der Waals surface area contributed by atoms with Crippen LogP contribution < -0.4 is 14.8 Å². The van der Waals surface area contributed by atoms with Crippen LogP contribution in [0.4, 0.5) is 0 Å². The molecule has 0 saturated carbocycles. The number of likely N-dealkylation sites (N-methyl/N-ethyl adjacent to an activating group) is 1. The first-order valence-electron chi connectivity index (χ1n) is 6.61. The Kier molecular flexibility index (Phi) is 4.69. The maximum Gasteiger partial charge on any atom is 0.160 e. The average Bonchev–Trinajstić information content (AvgIpc) is 2.90. The second kappa shape index (κ2) is 6.48. The number of furan rings is 1. The second-order valence-corrected chi connectivity index (χ2v) is 4.67. The molecule has 1 atom stereocenters. The number of rotatable bonds is 6. The molecule has 0 spiro atoms. The van der Waals surface area contributed by atoms with Gasteiger partial charge in [-0.3, -0.25) is 0 Å². The van der Waals surface area contributed by atoms with Gasteiger partial charge in [-0.05, 0) is 44.2 Å². The number of methoxy groups -OCH3 is 2. The van der Waals surface area contributed by atoms with Crippen LogP contribution in [0, 0.1) is 6.92 Å². The van der Waals surface area contributed by atoms with E-state index in [0.717, 1.165) is 23.7 Å². The summed E-state index contributed by atoms with van der Waals surface area (Å²) >= 11 is 0. The molecular formula is C16H21NO3. The van der Waals surface area contributed by atoms with Gasteiger partial charge in [0.1, 0.15) is 5.76 Å². The summed E-state index contributed by atoms with van der Waals surface area (Å²) in [6.07, 6.45) is 2.58. The summed E-state index contributed by atoms with van der Waals surface area (Å²) in [4.78, 5) is 0. The van der Waals surface area contributed by atoms with E-state index < -0.39 is 0 Å². The first-order chi connectivity index (χ1) is 9.69. The fourth-order valence-corrected chi connectivity index (χ4v) is 2.37. The van der Waals surface area contributed by atoms with Crippen LogP contribution in [0.25, 0.3) is 0 Å². The molecule has 1 aromatic heterocycles. The summed E-state index contributed by atoms with van der Waals surface area (Å²) in [6.45, 7) is 1.98. The lowest BCUT2D eigenvalue weighted by Crippen LogP contribution is -2.19. The lowest BCUT2D eigenvalue weighted by atomic mass is 9.99. The van der Waals surface area contributed by atoms with Gasteiger partial charge >= 0.3 is 0 Å². The van der Waals surface area contributed by atoms with Gasteiger partial charge in [0.05, 0.1) is 20.5 Å². The third-order valence-electron chi connectivity index (χ3n) is 3.51. The second-order valence-electron chi connectivity index (χ2n) is 4.67. The summed E-state index contributed by atoms with van der Waals surface area (Å²) in [6, 6.07) is 8.23. The van der Waals surface area contributed by atoms with Crippen molar-refractivity contribution in [3.05, 3.63) is 47.4 Å². The number of hydrogen-bond acceptors (Lipinski definition) is 4. The molecule has 1 aromatic carbocycles. The largest absolute Gasteiger partial charge is 0.493 e. The van der Waals surface area contributed by atoms with Crippen LogP contribution in [0.2, 0.25) is 0 Å². The van der Waals surface area contributed by atoms with Crippen LogP contribution in [0.1, 0.15) is 22.9 Å². The average molecular weight is 275 g/mol. The molecule has 0 bridgehead atoms. The minimum Gasteiger partial charge on any atom is -0.493 e. The fraction of sp³-hybridized carbons (Fsp3) is 0.375. The number of nitrogens with one attached hydrogen (secondary N) is 1. The van der Waals surface area contributed by atoms with Gasteiger partial charge in [-0.25, -0.2) is 0 Å². The molecule has 1 N–H and O–H groups in total. The molecule has 4 heteroatoms. The fourth-order valence-electron chi connectivity index (χ4n) is 2.37. The van der Waals surface area contributed by atoms with Gasteiger partial charge in [-0.15, -0.1) is 0 Å². The molecule has 108 valence electrons. The summed E-state index contributed by atoms with van der Waals surface area (Å²) in [5, 5.41) is 3.33. The molecule has 1 unspecified atom stereocenters. The molecule has 20 heavy (non-hydrogen) atoms. The van der Waals surface area contributed by atoms with Crippen molar-refractivity contribution in [2.45, 2.75) is 19.4 Å². The van der Waals surface area contributed by atoms with Crippen molar-refractivity contribution in [2.24, 2.45) is 0 Å². The van der Waals surface area contributed by atoms with Crippen molar-refractivity contribution in [3.8, 4) is 11.5 Å². The van der Waals surface area contributed by atoms with E-state index in [1.165, 1.54) is 11.1 Å². The van der Waals surface area contributed by atoms with E-state index in [-0.39, 0.29) is 6.04 Å². The number of hydrogen-bond donors (Lipinski definition) is 1. The van der Waals surface area contributed by atoms with Crippen molar-refractivity contribution < 1.29 is 13.9 Å². The minimum absolute atomic E-state index is 0.215. The third kappa shape index (κ3) is 2.96. The Morgan fingerprint density at radius 3 is 2.45 bits per heavy atom. The minimum atomic E-state index is 0.215. The summed E-state index contributed by atoms with van der Waals surface area (Å²) < 4.78 is 16.0. The molecule has 0 aliphatic heterocycles. The molecule has 0 amide bonds. The van der Waals surface area contributed by atoms with Crippen LogP contribution in [-0.2, 0) is 6.42 Å². The molecule has 1 heterocycles. The van der Waals surface area contributed by atoms with Gasteiger partial charge in [0.25, 0.3) is 0 Å². The lowest BCUT2D eigenvalue weighted by molar-refractivity contribution is 0.354. The zero-order valence-electron chi connectivity index (χ0n) is 12.4. The van der Waals surface area contributed by atoms with Crippen molar-refractivity contribution >= 4 is 0 Å². The molecule has 0 aliphatic rings. The first-order valence-corrected chi connectivity index (χ1v) is 6.61. The molecule has 0 aliphatic carbocycles. The van der Waals surface area contributed by atoms with E-state index in [1.807, 2.05) is 32.2 Å². The van der Waals surface area contributed by atoms with Crippen molar-refractivity contribution in [1.82, 2.24) is 5.32 Å². The maximum atomic E-state index is 5.38. The quantitative estimate of drug-likeness (QED) is 0.879. The van der Waals surface area contributed by atoms with E-state index in [1.54, 1.807) is 20.5 Å². The Bertz CT molecular complexity index is 563. The Hall–Kier alpha value is -1.94. The number of aryl methyl sites for hydroxylation is 1. The molecule has 0 fully saturated rings. The Morgan fingerprint density at radius 2 is 1.90 bits per heavy atom. The van der Waals surface area contributed by atoms with Gasteiger partial charge in [0.15, 0.2) is 11.5 Å². The summed E-state index contributed by atoms with van der Waals surface area (Å²) in [7, 11) is 5.25. The lowest BCUT2D eigenvalue weighted by Gasteiger charge is -2.17. The molecule has 2 rings (SSSR count). The van der Waals surface area contributed by atoms with Crippen LogP contribution in [0.15, 0.2) is 34.9 Å². The zero-order valence-corrected chi connectivity index (χ0v) is 12.4. The van der Waals surface area contributed by atoms with Gasteiger partial charge in [-0.2, -0.15) is 0 Å². The summed E-state index contributed by atoms with van der Waals surface area (Å²) in [5.41, 5.74) is 2.37. The van der Waals surface area contributed by atoms with E-state index in [9.17, 15) is 0 Å². The Balaban J connectivity index is 2.22. The number of ether oxygens (including phenoxy) is 2. The third-order valence-corrected chi connectivity index (χ3v) is 3.51.